The van der Waals surface area contributed by atoms with Crippen molar-refractivity contribution in [3.63, 3.8) is 0 Å². The minimum atomic E-state index is -0.305. The third-order valence-corrected chi connectivity index (χ3v) is 16.8. The third-order valence-electron chi connectivity index (χ3n) is 16.8. The van der Waals surface area contributed by atoms with Gasteiger partial charge in [-0.1, -0.05) is 234 Å². The van der Waals surface area contributed by atoms with Gasteiger partial charge >= 0.3 is 0 Å². The van der Waals surface area contributed by atoms with Crippen LogP contribution in [0, 0.1) is 18.5 Å². The van der Waals surface area contributed by atoms with Gasteiger partial charge in [0.1, 0.15) is 5.82 Å². The van der Waals surface area contributed by atoms with Crippen LogP contribution in [0.15, 0.2) is 200 Å². The molecule has 3 heterocycles. The van der Waals surface area contributed by atoms with Crippen LogP contribution < -0.4 is 9.30 Å². The second kappa shape index (κ2) is 22.0. The zero-order valence-corrected chi connectivity index (χ0v) is 51.5. The Bertz CT molecular complexity index is 3950. The number of para-hydroxylation sites is 1. The number of hydrogen-bond acceptors (Lipinski definition) is 2. The van der Waals surface area contributed by atoms with E-state index in [0.29, 0.717) is 11.5 Å². The second-order valence-corrected chi connectivity index (χ2v) is 25.0. The Morgan fingerprint density at radius 3 is 1.59 bits per heavy atom. The molecule has 5 nitrogen and oxygen atoms in total. The molecule has 0 fully saturated rings. The van der Waals surface area contributed by atoms with Gasteiger partial charge in [0.2, 0.25) is 0 Å². The van der Waals surface area contributed by atoms with E-state index in [2.05, 4.69) is 310 Å². The topological polar surface area (TPSA) is 35.9 Å². The molecular formula is C75H74N4OPt-2. The fraction of sp³-hybridized carbons (Fsp3) is 0.253. The molecule has 8 aromatic carbocycles. The first-order valence-electron chi connectivity index (χ1n) is 28.4. The fourth-order valence-corrected chi connectivity index (χ4v) is 11.8. The summed E-state index contributed by atoms with van der Waals surface area (Å²) in [5, 5.41) is 2.29. The van der Waals surface area contributed by atoms with Crippen molar-refractivity contribution in [3.05, 3.63) is 269 Å². The van der Waals surface area contributed by atoms with Gasteiger partial charge in [-0.15, -0.1) is 29.8 Å². The van der Waals surface area contributed by atoms with Gasteiger partial charge in [-0.25, -0.2) is 4.98 Å². The van der Waals surface area contributed by atoms with Crippen LogP contribution in [-0.2, 0) is 42.7 Å². The monoisotopic (exact) mass is 1240 g/mol. The Kier molecular flexibility index (Phi) is 15.4. The van der Waals surface area contributed by atoms with Crippen LogP contribution in [-0.4, -0.2) is 14.1 Å². The van der Waals surface area contributed by atoms with Gasteiger partial charge < -0.3 is 13.9 Å². The van der Waals surface area contributed by atoms with E-state index in [4.69, 9.17) is 9.72 Å². The number of aromatic nitrogens is 4. The van der Waals surface area contributed by atoms with Crippen molar-refractivity contribution in [2.45, 2.75) is 124 Å². The van der Waals surface area contributed by atoms with Crippen LogP contribution >= 0.6 is 0 Å². The first-order valence-corrected chi connectivity index (χ1v) is 28.4. The molecule has 0 saturated carbocycles. The molecule has 6 heteroatoms. The maximum absolute atomic E-state index is 7.08. The van der Waals surface area contributed by atoms with Crippen molar-refractivity contribution in [3.8, 4) is 39.9 Å². The summed E-state index contributed by atoms with van der Waals surface area (Å²) in [7, 11) is 0. The molecule has 412 valence electrons. The zero-order valence-electron chi connectivity index (χ0n) is 49.2. The van der Waals surface area contributed by atoms with E-state index in [-0.39, 0.29) is 54.6 Å². The van der Waals surface area contributed by atoms with Crippen LogP contribution in [0.5, 0.6) is 11.5 Å². The third kappa shape index (κ3) is 10.7. The van der Waals surface area contributed by atoms with Crippen molar-refractivity contribution in [1.82, 2.24) is 14.1 Å². The number of nitrogens with zero attached hydrogens (tertiary/aromatic N) is 4. The predicted molar refractivity (Wildman–Crippen MR) is 330 cm³/mol. The standard InChI is InChI=1S/C75H74N4O.Pt/c1-50(2)62-36-26-37-63(51(3)4)70(62)68-48-77(59-42-56(74(10,11)53-29-19-15-20-30-53)41-57(43-59)75(12,13)54-31-21-16-22-32-54)49-78(68)58-33-25-34-60(45-58)80-61-46-65(72(5,6)7)71-64-35-23-24-38-66(64)79(67(71)47-61)69-44-55(39-40-76-69)73(8,9)52-27-17-14-18-28-52;/h14-44,46,48,50-51H,1-13H3;/q-2;. The van der Waals surface area contributed by atoms with E-state index >= 15 is 0 Å². The van der Waals surface area contributed by atoms with E-state index in [1.54, 1.807) is 0 Å². The Balaban J connectivity index is 0.00000736. The number of fused-ring (bicyclic) bond motifs is 3. The molecule has 0 N–H and O–H groups in total. The van der Waals surface area contributed by atoms with E-state index in [0.717, 1.165) is 50.3 Å². The van der Waals surface area contributed by atoms with Crippen LogP contribution in [0.25, 0.3) is 50.3 Å². The average molecular weight is 1240 g/mol. The Labute approximate surface area is 495 Å². The maximum Gasteiger partial charge on any atom is 0.267 e. The van der Waals surface area contributed by atoms with Gasteiger partial charge in [0, 0.05) is 66.7 Å². The van der Waals surface area contributed by atoms with E-state index in [1.165, 1.54) is 50.1 Å². The van der Waals surface area contributed by atoms with Crippen LogP contribution in [0.4, 0.5) is 0 Å². The Hall–Kier alpha value is -7.59. The van der Waals surface area contributed by atoms with E-state index in [9.17, 15) is 0 Å². The number of imidazole rings is 1. The molecule has 0 radical (unpaired) electrons. The van der Waals surface area contributed by atoms with Gasteiger partial charge in [-0.3, -0.25) is 4.57 Å². The number of ether oxygens (including phenoxy) is 1. The molecule has 0 atom stereocenters. The first-order chi connectivity index (χ1) is 38.2. The van der Waals surface area contributed by atoms with E-state index in [1.807, 2.05) is 12.3 Å². The largest absolute Gasteiger partial charge is 0.510 e. The summed E-state index contributed by atoms with van der Waals surface area (Å²) >= 11 is 0. The molecule has 0 aliphatic heterocycles. The summed E-state index contributed by atoms with van der Waals surface area (Å²) < 4.78 is 13.7. The van der Waals surface area contributed by atoms with Gasteiger partial charge in [0.25, 0.3) is 6.33 Å². The summed E-state index contributed by atoms with van der Waals surface area (Å²) in [6.07, 6.45) is 8.14. The quantitative estimate of drug-likeness (QED) is 0.0803. The van der Waals surface area contributed by atoms with Crippen molar-refractivity contribution < 1.29 is 30.4 Å². The maximum atomic E-state index is 7.08. The minimum absolute atomic E-state index is 0. The molecule has 0 bridgehead atoms. The molecule has 11 rings (SSSR count). The Morgan fingerprint density at radius 2 is 1.04 bits per heavy atom. The molecule has 0 amide bonds. The van der Waals surface area contributed by atoms with Crippen molar-refractivity contribution in [1.29, 1.82) is 0 Å². The van der Waals surface area contributed by atoms with Gasteiger partial charge in [-0.05, 0) is 109 Å². The Morgan fingerprint density at radius 1 is 0.506 bits per heavy atom. The number of hydrogen-bond donors (Lipinski definition) is 0. The smallest absolute Gasteiger partial charge is 0.267 e. The van der Waals surface area contributed by atoms with Gasteiger partial charge in [-0.2, -0.15) is 12.1 Å². The molecular weight excluding hydrogens is 1170 g/mol. The molecule has 0 aliphatic carbocycles. The number of pyridine rings is 1. The van der Waals surface area contributed by atoms with Crippen molar-refractivity contribution in [2.24, 2.45) is 0 Å². The van der Waals surface area contributed by atoms with Gasteiger partial charge in [0.05, 0.1) is 11.4 Å². The SMILES string of the molecule is CC(C)c1cccc(C(C)C)c1-c1c[n+](-c2cc(C(C)(C)c3ccccc3)cc(C(C)(C)c3ccccc3)c2)[c-]n1-c1[c-]c(Oc2[c-]c3c(c(C(C)(C)C)c2)c2ccccc2n3-c2cc(C(C)(C)c3ccccc3)ccn2)ccc1.[Pt]. The molecule has 0 saturated heterocycles. The molecule has 0 spiro atoms. The first kappa shape index (κ1) is 56.7. The minimum Gasteiger partial charge on any atom is -0.510 e. The van der Waals surface area contributed by atoms with Crippen LogP contribution in [0.1, 0.15) is 152 Å². The zero-order chi connectivity index (χ0) is 56.3. The van der Waals surface area contributed by atoms with Crippen molar-refractivity contribution in [2.75, 3.05) is 0 Å². The second-order valence-electron chi connectivity index (χ2n) is 25.0. The fourth-order valence-electron chi connectivity index (χ4n) is 11.8. The van der Waals surface area contributed by atoms with E-state index < -0.39 is 0 Å². The van der Waals surface area contributed by atoms with Crippen LogP contribution in [0.3, 0.4) is 0 Å². The summed E-state index contributed by atoms with van der Waals surface area (Å²) in [6, 6.07) is 75.3. The summed E-state index contributed by atoms with van der Waals surface area (Å²) in [5.41, 5.74) is 16.0. The molecule has 81 heavy (non-hydrogen) atoms. The average Bonchev–Trinajstić information content (AvgIpc) is 3.05. The van der Waals surface area contributed by atoms with Gasteiger partial charge in [0.15, 0.2) is 0 Å². The normalized spacial score (nSPS) is 12.4. The number of rotatable bonds is 14. The van der Waals surface area contributed by atoms with Crippen LogP contribution in [0.2, 0.25) is 0 Å². The number of benzene rings is 8. The molecule has 3 aromatic heterocycles. The van der Waals surface area contributed by atoms with Crippen molar-refractivity contribution >= 4 is 21.8 Å². The molecule has 0 aliphatic rings. The molecule has 11 aromatic rings. The molecule has 0 unspecified atom stereocenters. The summed E-state index contributed by atoms with van der Waals surface area (Å²) in [6.45, 7) is 29.9. The summed E-state index contributed by atoms with van der Waals surface area (Å²) in [4.78, 5) is 5.08. The predicted octanol–water partition coefficient (Wildman–Crippen LogP) is 18.6. The summed E-state index contributed by atoms with van der Waals surface area (Å²) in [5.74, 6) is 2.53.